The van der Waals surface area contributed by atoms with Crippen LogP contribution in [0, 0.1) is 11.6 Å². The van der Waals surface area contributed by atoms with E-state index < -0.39 is 23.5 Å². The summed E-state index contributed by atoms with van der Waals surface area (Å²) in [5.74, 6) is -3.46. The topological polar surface area (TPSA) is 57.6 Å². The van der Waals surface area contributed by atoms with Crippen molar-refractivity contribution in [2.45, 2.75) is 6.42 Å². The van der Waals surface area contributed by atoms with E-state index in [2.05, 4.69) is 0 Å². The predicted molar refractivity (Wildman–Crippen MR) is 55.6 cm³/mol. The summed E-state index contributed by atoms with van der Waals surface area (Å²) in [6.07, 6.45) is -0.231. The van der Waals surface area contributed by atoms with Gasteiger partial charge in [0.25, 0.3) is 5.91 Å². The SMILES string of the molecule is CN(CCC(=O)O)C(=O)c1ccc(F)cc1F. The molecule has 0 aliphatic heterocycles. The van der Waals surface area contributed by atoms with Gasteiger partial charge in [0.15, 0.2) is 0 Å². The first-order chi connectivity index (χ1) is 7.91. The Hall–Kier alpha value is -1.98. The molecule has 1 rings (SSSR count). The van der Waals surface area contributed by atoms with E-state index in [0.29, 0.717) is 6.07 Å². The summed E-state index contributed by atoms with van der Waals surface area (Å²) in [4.78, 5) is 23.0. The van der Waals surface area contributed by atoms with Gasteiger partial charge in [0.05, 0.1) is 12.0 Å². The molecule has 0 aliphatic carbocycles. The van der Waals surface area contributed by atoms with E-state index in [4.69, 9.17) is 5.11 Å². The number of aliphatic carboxylic acids is 1. The van der Waals surface area contributed by atoms with Crippen LogP contribution in [0.2, 0.25) is 0 Å². The van der Waals surface area contributed by atoms with Gasteiger partial charge in [-0.1, -0.05) is 0 Å². The Morgan fingerprint density at radius 2 is 2.00 bits per heavy atom. The Balaban J connectivity index is 2.78. The minimum Gasteiger partial charge on any atom is -0.481 e. The fourth-order valence-corrected chi connectivity index (χ4v) is 1.23. The second-order valence-corrected chi connectivity index (χ2v) is 3.49. The van der Waals surface area contributed by atoms with Crippen molar-refractivity contribution in [2.24, 2.45) is 0 Å². The molecule has 1 aromatic carbocycles. The maximum absolute atomic E-state index is 13.3. The average Bonchev–Trinajstić information content (AvgIpc) is 2.25. The van der Waals surface area contributed by atoms with E-state index in [0.717, 1.165) is 17.0 Å². The largest absolute Gasteiger partial charge is 0.481 e. The standard InChI is InChI=1S/C11H11F2NO3/c1-14(5-4-10(15)16)11(17)8-3-2-7(12)6-9(8)13/h2-3,6H,4-5H2,1H3,(H,15,16). The highest BCUT2D eigenvalue weighted by atomic mass is 19.1. The number of carbonyl (C=O) groups is 2. The maximum Gasteiger partial charge on any atom is 0.305 e. The molecule has 4 nitrogen and oxygen atoms in total. The molecule has 0 saturated heterocycles. The van der Waals surface area contributed by atoms with Crippen molar-refractivity contribution in [1.82, 2.24) is 4.90 Å². The minimum atomic E-state index is -1.05. The molecule has 0 aromatic heterocycles. The zero-order valence-electron chi connectivity index (χ0n) is 9.11. The molecule has 17 heavy (non-hydrogen) atoms. The van der Waals surface area contributed by atoms with Crippen molar-refractivity contribution in [1.29, 1.82) is 0 Å². The number of hydrogen-bond donors (Lipinski definition) is 1. The molecular formula is C11H11F2NO3. The lowest BCUT2D eigenvalue weighted by Crippen LogP contribution is -2.29. The van der Waals surface area contributed by atoms with Gasteiger partial charge < -0.3 is 10.0 Å². The third-order valence-corrected chi connectivity index (χ3v) is 2.17. The van der Waals surface area contributed by atoms with E-state index in [9.17, 15) is 18.4 Å². The van der Waals surface area contributed by atoms with Crippen LogP contribution in [0.1, 0.15) is 16.8 Å². The van der Waals surface area contributed by atoms with Crippen molar-refractivity contribution >= 4 is 11.9 Å². The number of benzene rings is 1. The van der Waals surface area contributed by atoms with Gasteiger partial charge in [0, 0.05) is 19.7 Å². The van der Waals surface area contributed by atoms with Crippen LogP contribution in [0.25, 0.3) is 0 Å². The number of hydrogen-bond acceptors (Lipinski definition) is 2. The van der Waals surface area contributed by atoms with Crippen LogP contribution in [-0.4, -0.2) is 35.5 Å². The van der Waals surface area contributed by atoms with Gasteiger partial charge in [-0.05, 0) is 12.1 Å². The number of rotatable bonds is 4. The third kappa shape index (κ3) is 3.51. The number of nitrogens with zero attached hydrogens (tertiary/aromatic N) is 1. The Morgan fingerprint density at radius 3 is 2.53 bits per heavy atom. The van der Waals surface area contributed by atoms with E-state index in [1.807, 2.05) is 0 Å². The highest BCUT2D eigenvalue weighted by Crippen LogP contribution is 2.11. The van der Waals surface area contributed by atoms with Crippen LogP contribution in [-0.2, 0) is 4.79 Å². The van der Waals surface area contributed by atoms with Gasteiger partial charge in [-0.15, -0.1) is 0 Å². The molecule has 0 saturated carbocycles. The van der Waals surface area contributed by atoms with E-state index in [1.165, 1.54) is 7.05 Å². The molecule has 0 heterocycles. The Labute approximate surface area is 96.5 Å². The van der Waals surface area contributed by atoms with Gasteiger partial charge in [-0.2, -0.15) is 0 Å². The molecule has 0 radical (unpaired) electrons. The van der Waals surface area contributed by atoms with Gasteiger partial charge in [0.1, 0.15) is 11.6 Å². The molecule has 0 fully saturated rings. The Morgan fingerprint density at radius 1 is 1.35 bits per heavy atom. The van der Waals surface area contributed by atoms with Gasteiger partial charge >= 0.3 is 5.97 Å². The van der Waals surface area contributed by atoms with Crippen molar-refractivity contribution < 1.29 is 23.5 Å². The van der Waals surface area contributed by atoms with Crippen LogP contribution in [0.3, 0.4) is 0 Å². The normalized spacial score (nSPS) is 10.1. The molecule has 0 bridgehead atoms. The van der Waals surface area contributed by atoms with E-state index >= 15 is 0 Å². The molecule has 0 atom stereocenters. The number of carboxylic acids is 1. The van der Waals surface area contributed by atoms with Crippen molar-refractivity contribution in [2.75, 3.05) is 13.6 Å². The fourth-order valence-electron chi connectivity index (χ4n) is 1.23. The molecule has 1 amide bonds. The number of halogens is 2. The van der Waals surface area contributed by atoms with Crippen molar-refractivity contribution in [3.63, 3.8) is 0 Å². The molecule has 0 spiro atoms. The smallest absolute Gasteiger partial charge is 0.305 e. The van der Waals surface area contributed by atoms with Crippen molar-refractivity contribution in [3.05, 3.63) is 35.4 Å². The number of carboxylic acid groups (broad SMARTS) is 1. The van der Waals surface area contributed by atoms with Crippen LogP contribution in [0.15, 0.2) is 18.2 Å². The van der Waals surface area contributed by atoms with Crippen LogP contribution in [0.5, 0.6) is 0 Å². The molecule has 0 unspecified atom stereocenters. The van der Waals surface area contributed by atoms with Gasteiger partial charge in [-0.3, -0.25) is 9.59 Å². The second-order valence-electron chi connectivity index (χ2n) is 3.49. The molecule has 1 N–H and O–H groups in total. The average molecular weight is 243 g/mol. The summed E-state index contributed by atoms with van der Waals surface area (Å²) in [6, 6.07) is 2.61. The van der Waals surface area contributed by atoms with Gasteiger partial charge in [0.2, 0.25) is 0 Å². The highest BCUT2D eigenvalue weighted by molar-refractivity contribution is 5.94. The summed E-state index contributed by atoms with van der Waals surface area (Å²) >= 11 is 0. The first-order valence-electron chi connectivity index (χ1n) is 4.84. The summed E-state index contributed by atoms with van der Waals surface area (Å²) < 4.78 is 25.9. The van der Waals surface area contributed by atoms with Crippen molar-refractivity contribution in [3.8, 4) is 0 Å². The summed E-state index contributed by atoms with van der Waals surface area (Å²) in [6.45, 7) is -0.0367. The fraction of sp³-hybridized carbons (Fsp3) is 0.273. The van der Waals surface area contributed by atoms with Crippen LogP contribution >= 0.6 is 0 Å². The third-order valence-electron chi connectivity index (χ3n) is 2.17. The maximum atomic E-state index is 13.3. The predicted octanol–water partition coefficient (Wildman–Crippen LogP) is 1.51. The van der Waals surface area contributed by atoms with Crippen LogP contribution < -0.4 is 0 Å². The first kappa shape index (κ1) is 13.1. The zero-order valence-corrected chi connectivity index (χ0v) is 9.11. The van der Waals surface area contributed by atoms with Crippen LogP contribution in [0.4, 0.5) is 8.78 Å². The zero-order chi connectivity index (χ0) is 13.0. The van der Waals surface area contributed by atoms with E-state index in [1.54, 1.807) is 0 Å². The first-order valence-corrected chi connectivity index (χ1v) is 4.84. The summed E-state index contributed by atoms with van der Waals surface area (Å²) in [5.41, 5.74) is -0.278. The second kappa shape index (κ2) is 5.38. The molecular weight excluding hydrogens is 232 g/mol. The molecule has 0 aliphatic rings. The Kier molecular flexibility index (Phi) is 4.14. The lowest BCUT2D eigenvalue weighted by Gasteiger charge is -2.16. The molecule has 1 aromatic rings. The Bertz CT molecular complexity index is 448. The lowest BCUT2D eigenvalue weighted by molar-refractivity contribution is -0.137. The number of amides is 1. The highest BCUT2D eigenvalue weighted by Gasteiger charge is 2.17. The summed E-state index contributed by atoms with van der Waals surface area (Å²) in [5, 5.41) is 8.44. The molecule has 6 heteroatoms. The van der Waals surface area contributed by atoms with Gasteiger partial charge in [-0.25, -0.2) is 8.78 Å². The minimum absolute atomic E-state index is 0.0367. The summed E-state index contributed by atoms with van der Waals surface area (Å²) in [7, 11) is 1.36. The number of carbonyl (C=O) groups excluding carboxylic acids is 1. The molecule has 92 valence electrons. The lowest BCUT2D eigenvalue weighted by atomic mass is 10.2. The monoisotopic (exact) mass is 243 g/mol. The quantitative estimate of drug-likeness (QED) is 0.872. The van der Waals surface area contributed by atoms with E-state index in [-0.39, 0.29) is 18.5 Å².